The highest BCUT2D eigenvalue weighted by Crippen LogP contribution is 2.47. The van der Waals surface area contributed by atoms with Crippen LogP contribution < -0.4 is 5.32 Å². The summed E-state index contributed by atoms with van der Waals surface area (Å²) in [5.41, 5.74) is 6.25. The van der Waals surface area contributed by atoms with Gasteiger partial charge in [-0.1, -0.05) is 44.4 Å². The molecule has 1 nitrogen and oxygen atoms in total. The van der Waals surface area contributed by atoms with Gasteiger partial charge in [0, 0.05) is 6.04 Å². The van der Waals surface area contributed by atoms with E-state index < -0.39 is 0 Å². The molecule has 0 aliphatic heterocycles. The van der Waals surface area contributed by atoms with E-state index in [1.807, 2.05) is 0 Å². The second-order valence-corrected chi connectivity index (χ2v) is 7.42. The summed E-state index contributed by atoms with van der Waals surface area (Å²) in [6.45, 7) is 11.7. The van der Waals surface area contributed by atoms with E-state index in [0.717, 1.165) is 5.92 Å². The number of rotatable bonds is 3. The lowest BCUT2D eigenvalue weighted by Crippen LogP contribution is -2.38. The van der Waals surface area contributed by atoms with Crippen LogP contribution in [0.25, 0.3) is 0 Å². The topological polar surface area (TPSA) is 12.0 Å². The monoisotopic (exact) mass is 273 g/mol. The van der Waals surface area contributed by atoms with Crippen molar-refractivity contribution in [2.24, 2.45) is 11.3 Å². The van der Waals surface area contributed by atoms with Gasteiger partial charge in [0.15, 0.2) is 0 Å². The number of aryl methyl sites for hydroxylation is 3. The first kappa shape index (κ1) is 15.6. The van der Waals surface area contributed by atoms with Crippen molar-refractivity contribution in [3.8, 4) is 0 Å². The van der Waals surface area contributed by atoms with Crippen molar-refractivity contribution < 1.29 is 0 Å². The molecule has 20 heavy (non-hydrogen) atoms. The zero-order valence-electron chi connectivity index (χ0n) is 14.1. The molecule has 1 aromatic rings. The van der Waals surface area contributed by atoms with Gasteiger partial charge in [-0.25, -0.2) is 0 Å². The second kappa shape index (κ2) is 5.89. The molecule has 2 atom stereocenters. The number of hydrogen-bond donors (Lipinski definition) is 1. The summed E-state index contributed by atoms with van der Waals surface area (Å²) in [4.78, 5) is 0. The van der Waals surface area contributed by atoms with E-state index in [0.29, 0.717) is 11.5 Å². The van der Waals surface area contributed by atoms with E-state index in [1.54, 1.807) is 0 Å². The van der Waals surface area contributed by atoms with Crippen LogP contribution in [0, 0.1) is 32.1 Å². The lowest BCUT2D eigenvalue weighted by Gasteiger charge is -2.44. The Balaban J connectivity index is 2.42. The van der Waals surface area contributed by atoms with Gasteiger partial charge in [-0.3, -0.25) is 0 Å². The van der Waals surface area contributed by atoms with Crippen molar-refractivity contribution in [1.82, 2.24) is 5.32 Å². The van der Waals surface area contributed by atoms with Gasteiger partial charge in [0.05, 0.1) is 0 Å². The smallest absolute Gasteiger partial charge is 0.0356 e. The zero-order valence-corrected chi connectivity index (χ0v) is 14.1. The highest BCUT2D eigenvalue weighted by molar-refractivity contribution is 5.40. The Hall–Kier alpha value is -0.820. The fraction of sp³-hybridized carbons (Fsp3) is 0.684. The summed E-state index contributed by atoms with van der Waals surface area (Å²) in [5, 5.41) is 3.64. The molecular formula is C19H31N. The first-order valence-electron chi connectivity index (χ1n) is 8.12. The van der Waals surface area contributed by atoms with Crippen molar-refractivity contribution in [1.29, 1.82) is 0 Å². The van der Waals surface area contributed by atoms with Crippen molar-refractivity contribution in [2.75, 3.05) is 7.05 Å². The van der Waals surface area contributed by atoms with Crippen LogP contribution in [-0.2, 0) is 0 Å². The van der Waals surface area contributed by atoms with E-state index in [4.69, 9.17) is 0 Å². The van der Waals surface area contributed by atoms with Crippen LogP contribution in [0.5, 0.6) is 0 Å². The predicted molar refractivity (Wildman–Crippen MR) is 88.2 cm³/mol. The molecule has 1 aliphatic carbocycles. The molecule has 0 heterocycles. The maximum atomic E-state index is 3.64. The second-order valence-electron chi connectivity index (χ2n) is 7.42. The summed E-state index contributed by atoms with van der Waals surface area (Å²) in [6.07, 6.45) is 5.49. The molecule has 0 spiro atoms. The quantitative estimate of drug-likeness (QED) is 0.809. The average molecular weight is 273 g/mol. The van der Waals surface area contributed by atoms with E-state index in [-0.39, 0.29) is 0 Å². The third-order valence-electron chi connectivity index (χ3n) is 5.35. The molecular weight excluding hydrogens is 242 g/mol. The summed E-state index contributed by atoms with van der Waals surface area (Å²) in [7, 11) is 2.13. The lowest BCUT2D eigenvalue weighted by atomic mass is 9.64. The van der Waals surface area contributed by atoms with Gasteiger partial charge in [-0.05, 0) is 68.7 Å². The largest absolute Gasteiger partial charge is 0.313 e. The highest BCUT2D eigenvalue weighted by Gasteiger charge is 2.38. The first-order chi connectivity index (χ1) is 9.36. The Morgan fingerprint density at radius 1 is 1.10 bits per heavy atom. The standard InChI is InChI=1S/C19H31N/c1-13-11-14(2)17(15(3)12-13)18(20-6)16-9-7-8-10-19(16,4)5/h11-12,16,18,20H,7-10H2,1-6H3. The van der Waals surface area contributed by atoms with Crippen LogP contribution in [0.15, 0.2) is 12.1 Å². The molecule has 2 unspecified atom stereocenters. The van der Waals surface area contributed by atoms with Gasteiger partial charge < -0.3 is 5.32 Å². The molecule has 1 saturated carbocycles. The Morgan fingerprint density at radius 3 is 2.20 bits per heavy atom. The van der Waals surface area contributed by atoms with Gasteiger partial charge in [0.1, 0.15) is 0 Å². The third kappa shape index (κ3) is 2.93. The van der Waals surface area contributed by atoms with E-state index in [1.165, 1.54) is 47.9 Å². The molecule has 1 heteroatoms. The molecule has 0 saturated heterocycles. The molecule has 2 rings (SSSR count). The van der Waals surface area contributed by atoms with Crippen molar-refractivity contribution in [3.63, 3.8) is 0 Å². The van der Waals surface area contributed by atoms with Crippen LogP contribution in [-0.4, -0.2) is 7.05 Å². The lowest BCUT2D eigenvalue weighted by molar-refractivity contribution is 0.101. The molecule has 1 fully saturated rings. The van der Waals surface area contributed by atoms with Crippen molar-refractivity contribution in [2.45, 2.75) is 66.3 Å². The predicted octanol–water partition coefficient (Wildman–Crippen LogP) is 5.09. The molecule has 0 aromatic heterocycles. The molecule has 1 aliphatic rings. The Labute approximate surface area is 125 Å². The summed E-state index contributed by atoms with van der Waals surface area (Å²) < 4.78 is 0. The maximum Gasteiger partial charge on any atom is 0.0356 e. The van der Waals surface area contributed by atoms with Gasteiger partial charge in [0.25, 0.3) is 0 Å². The van der Waals surface area contributed by atoms with Crippen molar-refractivity contribution in [3.05, 3.63) is 34.4 Å². The minimum absolute atomic E-state index is 0.440. The Bertz CT molecular complexity index is 450. The Kier molecular flexibility index (Phi) is 4.59. The number of nitrogens with one attached hydrogen (secondary N) is 1. The summed E-state index contributed by atoms with van der Waals surface area (Å²) in [5.74, 6) is 0.737. The first-order valence-corrected chi connectivity index (χ1v) is 8.12. The number of hydrogen-bond acceptors (Lipinski definition) is 1. The molecule has 0 amide bonds. The maximum absolute atomic E-state index is 3.64. The minimum Gasteiger partial charge on any atom is -0.313 e. The Morgan fingerprint density at radius 2 is 1.70 bits per heavy atom. The van der Waals surface area contributed by atoms with Crippen LogP contribution in [0.1, 0.15) is 67.8 Å². The van der Waals surface area contributed by atoms with Gasteiger partial charge in [0.2, 0.25) is 0 Å². The SMILES string of the molecule is CNC(c1c(C)cc(C)cc1C)C1CCCCC1(C)C. The molecule has 0 radical (unpaired) electrons. The fourth-order valence-electron chi connectivity index (χ4n) is 4.37. The molecule has 1 N–H and O–H groups in total. The van der Waals surface area contributed by atoms with Gasteiger partial charge in [-0.2, -0.15) is 0 Å². The summed E-state index contributed by atoms with van der Waals surface area (Å²) >= 11 is 0. The normalized spacial score (nSPS) is 23.6. The molecule has 0 bridgehead atoms. The van der Waals surface area contributed by atoms with Crippen LogP contribution in [0.2, 0.25) is 0 Å². The molecule has 112 valence electrons. The average Bonchev–Trinajstić information content (AvgIpc) is 2.34. The van der Waals surface area contributed by atoms with E-state index in [9.17, 15) is 0 Å². The van der Waals surface area contributed by atoms with Crippen LogP contribution >= 0.6 is 0 Å². The minimum atomic E-state index is 0.440. The van der Waals surface area contributed by atoms with Crippen LogP contribution in [0.4, 0.5) is 0 Å². The zero-order chi connectivity index (χ0) is 14.9. The molecule has 1 aromatic carbocycles. The van der Waals surface area contributed by atoms with Crippen molar-refractivity contribution >= 4 is 0 Å². The highest BCUT2D eigenvalue weighted by atomic mass is 14.9. The van der Waals surface area contributed by atoms with E-state index >= 15 is 0 Å². The number of benzene rings is 1. The van der Waals surface area contributed by atoms with Gasteiger partial charge in [-0.15, -0.1) is 0 Å². The summed E-state index contributed by atoms with van der Waals surface area (Å²) in [6, 6.07) is 5.16. The van der Waals surface area contributed by atoms with Crippen LogP contribution in [0.3, 0.4) is 0 Å². The van der Waals surface area contributed by atoms with E-state index in [2.05, 4.69) is 59.1 Å². The fourth-order valence-corrected chi connectivity index (χ4v) is 4.37. The van der Waals surface area contributed by atoms with Gasteiger partial charge >= 0.3 is 0 Å². The third-order valence-corrected chi connectivity index (χ3v) is 5.35.